The number of benzene rings is 3. The van der Waals surface area contributed by atoms with Gasteiger partial charge in [-0.05, 0) is 66.1 Å². The summed E-state index contributed by atoms with van der Waals surface area (Å²) < 4.78 is 43.2. The Labute approximate surface area is 229 Å². The maximum absolute atomic E-state index is 14.4. The number of pyridine rings is 1. The molecular formula is C29H23FN4O3S2. The number of thiazole rings is 1. The minimum absolute atomic E-state index is 0.119. The van der Waals surface area contributed by atoms with Crippen LogP contribution in [0.1, 0.15) is 27.2 Å². The number of amides is 1. The molecule has 0 radical (unpaired) electrons. The number of aromatic nitrogens is 2. The van der Waals surface area contributed by atoms with E-state index in [1.54, 1.807) is 30.5 Å². The largest absolute Gasteiger partial charge is 0.278 e. The van der Waals surface area contributed by atoms with Crippen LogP contribution in [-0.2, 0) is 29.5 Å². The van der Waals surface area contributed by atoms with Crippen molar-refractivity contribution in [3.63, 3.8) is 0 Å². The van der Waals surface area contributed by atoms with Gasteiger partial charge in [0.1, 0.15) is 11.3 Å². The predicted octanol–water partition coefficient (Wildman–Crippen LogP) is 5.42. The van der Waals surface area contributed by atoms with E-state index in [0.29, 0.717) is 35.0 Å². The first kappa shape index (κ1) is 25.3. The second-order valence-electron chi connectivity index (χ2n) is 9.18. The van der Waals surface area contributed by atoms with Gasteiger partial charge >= 0.3 is 0 Å². The number of halogens is 1. The van der Waals surface area contributed by atoms with Crippen LogP contribution < -0.4 is 4.90 Å². The van der Waals surface area contributed by atoms with Gasteiger partial charge in [0, 0.05) is 24.8 Å². The van der Waals surface area contributed by atoms with Crippen LogP contribution in [0, 0.1) is 5.82 Å². The van der Waals surface area contributed by atoms with Crippen molar-refractivity contribution in [2.75, 3.05) is 11.4 Å². The van der Waals surface area contributed by atoms with Crippen LogP contribution in [0.3, 0.4) is 0 Å². The van der Waals surface area contributed by atoms with Gasteiger partial charge in [0.2, 0.25) is 10.0 Å². The lowest BCUT2D eigenvalue weighted by molar-refractivity contribution is 0.0984. The first-order valence-corrected chi connectivity index (χ1v) is 14.6. The van der Waals surface area contributed by atoms with E-state index in [2.05, 4.69) is 9.97 Å². The Kier molecular flexibility index (Phi) is 6.68. The average molecular weight is 559 g/mol. The number of para-hydroxylation sites is 1. The molecule has 5 aromatic rings. The molecule has 0 fully saturated rings. The topological polar surface area (TPSA) is 83.5 Å². The van der Waals surface area contributed by atoms with Crippen LogP contribution in [0.5, 0.6) is 0 Å². The van der Waals surface area contributed by atoms with Gasteiger partial charge in [-0.15, -0.1) is 0 Å². The summed E-state index contributed by atoms with van der Waals surface area (Å²) in [5, 5.41) is 0.328. The molecule has 7 nitrogen and oxygen atoms in total. The highest BCUT2D eigenvalue weighted by atomic mass is 32.2. The molecule has 1 aliphatic heterocycles. The summed E-state index contributed by atoms with van der Waals surface area (Å²) in [4.78, 5) is 24.0. The lowest BCUT2D eigenvalue weighted by atomic mass is 10.0. The van der Waals surface area contributed by atoms with Crippen molar-refractivity contribution in [2.45, 2.75) is 24.4 Å². The molecule has 0 bridgehead atoms. The fourth-order valence-electron chi connectivity index (χ4n) is 4.65. The third kappa shape index (κ3) is 4.94. The van der Waals surface area contributed by atoms with E-state index in [4.69, 9.17) is 0 Å². The first-order valence-electron chi connectivity index (χ1n) is 12.3. The highest BCUT2D eigenvalue weighted by molar-refractivity contribution is 7.89. The number of fused-ring (bicyclic) bond motifs is 2. The van der Waals surface area contributed by atoms with Crippen molar-refractivity contribution in [1.82, 2.24) is 14.3 Å². The van der Waals surface area contributed by atoms with Gasteiger partial charge in [-0.3, -0.25) is 14.7 Å². The maximum Gasteiger partial charge on any atom is 0.260 e. The van der Waals surface area contributed by atoms with Crippen molar-refractivity contribution in [1.29, 1.82) is 0 Å². The van der Waals surface area contributed by atoms with Crippen LogP contribution in [0.4, 0.5) is 9.52 Å². The molecule has 1 amide bonds. The molecule has 39 heavy (non-hydrogen) atoms. The maximum atomic E-state index is 14.4. The minimum atomic E-state index is -3.74. The summed E-state index contributed by atoms with van der Waals surface area (Å²) in [5.74, 6) is -0.855. The molecule has 0 spiro atoms. The van der Waals surface area contributed by atoms with E-state index in [9.17, 15) is 17.6 Å². The summed E-state index contributed by atoms with van der Waals surface area (Å²) >= 11 is 1.21. The van der Waals surface area contributed by atoms with Gasteiger partial charge in [0.05, 0.1) is 21.8 Å². The Morgan fingerprint density at radius 1 is 0.949 bits per heavy atom. The molecule has 196 valence electrons. The number of hydrogen-bond acceptors (Lipinski definition) is 6. The zero-order valence-electron chi connectivity index (χ0n) is 20.7. The van der Waals surface area contributed by atoms with Gasteiger partial charge < -0.3 is 0 Å². The molecule has 0 aliphatic carbocycles. The predicted molar refractivity (Wildman–Crippen MR) is 149 cm³/mol. The minimum Gasteiger partial charge on any atom is -0.278 e. The van der Waals surface area contributed by atoms with Crippen LogP contribution >= 0.6 is 11.3 Å². The monoisotopic (exact) mass is 558 g/mol. The first-order chi connectivity index (χ1) is 18.9. The van der Waals surface area contributed by atoms with Gasteiger partial charge in [-0.1, -0.05) is 47.7 Å². The van der Waals surface area contributed by atoms with Crippen LogP contribution in [0.15, 0.2) is 96.0 Å². The van der Waals surface area contributed by atoms with Crippen molar-refractivity contribution < 1.29 is 17.6 Å². The highest BCUT2D eigenvalue weighted by Crippen LogP contribution is 2.32. The molecule has 2 aromatic heterocycles. The molecule has 0 saturated heterocycles. The molecule has 10 heteroatoms. The number of carbonyl (C=O) groups is 1. The fraction of sp³-hybridized carbons (Fsp3) is 0.138. The zero-order valence-corrected chi connectivity index (χ0v) is 22.3. The lowest BCUT2D eigenvalue weighted by Crippen LogP contribution is -2.36. The van der Waals surface area contributed by atoms with Crippen LogP contribution in [-0.4, -0.2) is 35.1 Å². The average Bonchev–Trinajstić information content (AvgIpc) is 3.41. The van der Waals surface area contributed by atoms with Crippen molar-refractivity contribution >= 4 is 42.6 Å². The van der Waals surface area contributed by atoms with Gasteiger partial charge in [-0.2, -0.15) is 4.31 Å². The zero-order chi connectivity index (χ0) is 27.0. The smallest absolute Gasteiger partial charge is 0.260 e. The number of sulfonamides is 1. The number of anilines is 1. The van der Waals surface area contributed by atoms with E-state index in [0.717, 1.165) is 11.1 Å². The molecule has 0 unspecified atom stereocenters. The number of rotatable bonds is 6. The van der Waals surface area contributed by atoms with Crippen molar-refractivity contribution in [3.05, 3.63) is 119 Å². The molecule has 3 aromatic carbocycles. The molecule has 0 atom stereocenters. The Morgan fingerprint density at radius 3 is 2.46 bits per heavy atom. The molecule has 0 saturated carbocycles. The molecule has 1 aliphatic rings. The third-order valence-corrected chi connectivity index (χ3v) is 9.62. The summed E-state index contributed by atoms with van der Waals surface area (Å²) in [5.41, 5.74) is 3.27. The lowest BCUT2D eigenvalue weighted by Gasteiger charge is -2.28. The Balaban J connectivity index is 1.30. The van der Waals surface area contributed by atoms with Crippen LogP contribution in [0.25, 0.3) is 10.2 Å². The normalized spacial score (nSPS) is 13.8. The molecule has 0 N–H and O–H groups in total. The number of hydrogen-bond donors (Lipinski definition) is 0. The highest BCUT2D eigenvalue weighted by Gasteiger charge is 2.29. The van der Waals surface area contributed by atoms with Crippen molar-refractivity contribution in [3.8, 4) is 0 Å². The van der Waals surface area contributed by atoms with E-state index < -0.39 is 21.7 Å². The van der Waals surface area contributed by atoms with Gasteiger partial charge in [0.15, 0.2) is 5.13 Å². The number of carbonyl (C=O) groups excluding carboxylic acids is 1. The second-order valence-corrected chi connectivity index (χ2v) is 12.1. The molecule has 3 heterocycles. The van der Waals surface area contributed by atoms with Crippen LogP contribution in [0.2, 0.25) is 0 Å². The number of nitrogens with zero attached hydrogens (tertiary/aromatic N) is 4. The summed E-state index contributed by atoms with van der Waals surface area (Å²) in [6, 6.07) is 23.8. The summed E-state index contributed by atoms with van der Waals surface area (Å²) in [6.45, 7) is 0.825. The van der Waals surface area contributed by atoms with E-state index in [1.807, 2.05) is 30.3 Å². The third-order valence-electron chi connectivity index (χ3n) is 6.72. The SMILES string of the molecule is O=C(c1ccc(S(=O)(=O)N2CCc3ccccc3C2)cc1)N(Cc1ccccn1)c1nc2c(F)cccc2s1. The van der Waals surface area contributed by atoms with E-state index in [-0.39, 0.29) is 22.5 Å². The van der Waals surface area contributed by atoms with Gasteiger partial charge in [0.25, 0.3) is 5.91 Å². The van der Waals surface area contributed by atoms with E-state index >= 15 is 0 Å². The van der Waals surface area contributed by atoms with Gasteiger partial charge in [-0.25, -0.2) is 17.8 Å². The second kappa shape index (κ2) is 10.3. The van der Waals surface area contributed by atoms with E-state index in [1.165, 1.54) is 50.9 Å². The Hall–Kier alpha value is -3.99. The standard InChI is InChI=1S/C29H23FN4O3S2/c30-25-9-5-10-26-27(25)32-29(38-26)34(19-23-8-3-4-16-31-23)28(35)21-11-13-24(14-12-21)39(36,37)33-17-15-20-6-1-2-7-22(20)18-33/h1-14,16H,15,17-19H2. The quantitative estimate of drug-likeness (QED) is 0.278. The summed E-state index contributed by atoms with van der Waals surface area (Å²) in [7, 11) is -3.74. The molecule has 6 rings (SSSR count). The fourth-order valence-corrected chi connectivity index (χ4v) is 7.04. The molecular weight excluding hydrogens is 535 g/mol. The Bertz CT molecular complexity index is 1770. The Morgan fingerprint density at radius 2 is 1.72 bits per heavy atom. The van der Waals surface area contributed by atoms with Crippen molar-refractivity contribution in [2.24, 2.45) is 0 Å². The summed E-state index contributed by atoms with van der Waals surface area (Å²) in [6.07, 6.45) is 2.28.